The molecule has 3 nitrogen and oxygen atoms in total. The lowest BCUT2D eigenvalue weighted by molar-refractivity contribution is 0.148. The maximum absolute atomic E-state index is 13.2. The zero-order chi connectivity index (χ0) is 11.7. The molecule has 0 heterocycles. The van der Waals surface area contributed by atoms with E-state index >= 15 is 0 Å². The molecule has 0 fully saturated rings. The van der Waals surface area contributed by atoms with E-state index in [0.29, 0.717) is 10.0 Å². The number of phenols is 1. The van der Waals surface area contributed by atoms with Crippen LogP contribution in [0.5, 0.6) is 5.75 Å². The minimum absolute atomic E-state index is 0.0995. The van der Waals surface area contributed by atoms with Crippen molar-refractivity contribution >= 4 is 15.9 Å². The van der Waals surface area contributed by atoms with Crippen LogP contribution < -0.4 is 5.73 Å². The molecule has 0 amide bonds. The number of nitrogens with two attached hydrogens (primary N) is 1. The van der Waals surface area contributed by atoms with Gasteiger partial charge in [0.2, 0.25) is 0 Å². The van der Waals surface area contributed by atoms with Crippen molar-refractivity contribution in [1.29, 1.82) is 0 Å². The third-order valence-corrected chi connectivity index (χ3v) is 3.25. The van der Waals surface area contributed by atoms with Crippen molar-refractivity contribution in [2.45, 2.75) is 26.0 Å². The molecule has 0 aliphatic carbocycles. The molecule has 0 aliphatic rings. The second-order valence-corrected chi connectivity index (χ2v) is 4.35. The highest BCUT2D eigenvalue weighted by molar-refractivity contribution is 9.10. The van der Waals surface area contributed by atoms with Crippen molar-refractivity contribution in [3.63, 3.8) is 0 Å². The Morgan fingerprint density at radius 2 is 2.07 bits per heavy atom. The number of hydrogen-bond donors (Lipinski definition) is 3. The highest BCUT2D eigenvalue weighted by Crippen LogP contribution is 2.37. The predicted molar refractivity (Wildman–Crippen MR) is 59.1 cm³/mol. The summed E-state index contributed by atoms with van der Waals surface area (Å²) in [6.07, 6.45) is -1.10. The van der Waals surface area contributed by atoms with E-state index in [4.69, 9.17) is 5.73 Å². The van der Waals surface area contributed by atoms with Gasteiger partial charge in [0.05, 0.1) is 6.10 Å². The molecule has 1 rings (SSSR count). The van der Waals surface area contributed by atoms with Gasteiger partial charge in [0, 0.05) is 16.1 Å². The second-order valence-electron chi connectivity index (χ2n) is 3.56. The molecule has 0 aliphatic heterocycles. The maximum atomic E-state index is 13.2. The van der Waals surface area contributed by atoms with Crippen LogP contribution in [0, 0.1) is 12.7 Å². The van der Waals surface area contributed by atoms with Crippen molar-refractivity contribution in [2.75, 3.05) is 0 Å². The van der Waals surface area contributed by atoms with Gasteiger partial charge in [-0.2, -0.15) is 0 Å². The number of aromatic hydroxyl groups is 1. The van der Waals surface area contributed by atoms with Crippen LogP contribution in [0.3, 0.4) is 0 Å². The molecule has 0 bridgehead atoms. The van der Waals surface area contributed by atoms with Gasteiger partial charge in [-0.15, -0.1) is 0 Å². The first-order valence-corrected chi connectivity index (χ1v) is 5.26. The van der Waals surface area contributed by atoms with E-state index in [1.165, 1.54) is 6.07 Å². The summed E-state index contributed by atoms with van der Waals surface area (Å²) in [5.74, 6) is -1.32. The van der Waals surface area contributed by atoms with Gasteiger partial charge >= 0.3 is 0 Å². The molecule has 1 aromatic rings. The molecule has 4 N–H and O–H groups in total. The van der Waals surface area contributed by atoms with Crippen molar-refractivity contribution in [3.8, 4) is 5.75 Å². The number of benzene rings is 1. The Morgan fingerprint density at radius 1 is 1.53 bits per heavy atom. The van der Waals surface area contributed by atoms with Gasteiger partial charge in [0.25, 0.3) is 0 Å². The predicted octanol–water partition coefficient (Wildman–Crippen LogP) is 1.98. The van der Waals surface area contributed by atoms with Crippen LogP contribution in [0.1, 0.15) is 24.2 Å². The molecule has 2 atom stereocenters. The minimum atomic E-state index is -1.10. The van der Waals surface area contributed by atoms with Crippen LogP contribution in [-0.4, -0.2) is 16.3 Å². The lowest BCUT2D eigenvalue weighted by Crippen LogP contribution is -2.25. The first kappa shape index (κ1) is 12.4. The van der Waals surface area contributed by atoms with E-state index < -0.39 is 23.7 Å². The standard InChI is InChI=1S/C10H13BrFNO2/c1-4-3-6(12)10(15)7(8(4)11)9(14)5(2)13/h3,5,9,14-15H,13H2,1-2H3. The van der Waals surface area contributed by atoms with Gasteiger partial charge < -0.3 is 15.9 Å². The molecule has 0 saturated carbocycles. The van der Waals surface area contributed by atoms with Crippen LogP contribution in [0.15, 0.2) is 10.5 Å². The number of rotatable bonds is 2. The van der Waals surface area contributed by atoms with E-state index in [9.17, 15) is 14.6 Å². The quantitative estimate of drug-likeness (QED) is 0.775. The largest absolute Gasteiger partial charge is 0.505 e. The third-order valence-electron chi connectivity index (χ3n) is 2.20. The Balaban J connectivity index is 3.39. The molecule has 0 radical (unpaired) electrons. The molecule has 2 unspecified atom stereocenters. The van der Waals surface area contributed by atoms with Crippen molar-refractivity contribution < 1.29 is 14.6 Å². The fourth-order valence-corrected chi connectivity index (χ4v) is 1.84. The first-order valence-electron chi connectivity index (χ1n) is 4.47. The molecule has 0 saturated heterocycles. The summed E-state index contributed by atoms with van der Waals surface area (Å²) < 4.78 is 13.7. The molecule has 0 aromatic heterocycles. The number of phenolic OH excluding ortho intramolecular Hbond substituents is 1. The average Bonchev–Trinajstić information content (AvgIpc) is 2.15. The molecule has 0 spiro atoms. The fourth-order valence-electron chi connectivity index (χ4n) is 1.30. The van der Waals surface area contributed by atoms with E-state index in [0.717, 1.165) is 0 Å². The number of hydrogen-bond acceptors (Lipinski definition) is 3. The zero-order valence-corrected chi connectivity index (χ0v) is 10.0. The second kappa shape index (κ2) is 4.47. The molecule has 1 aromatic carbocycles. The Hall–Kier alpha value is -0.650. The Kier molecular flexibility index (Phi) is 3.70. The Bertz CT molecular complexity index is 356. The molecule has 5 heteroatoms. The zero-order valence-electron chi connectivity index (χ0n) is 8.46. The molecular weight excluding hydrogens is 265 g/mol. The fraction of sp³-hybridized carbons (Fsp3) is 0.400. The lowest BCUT2D eigenvalue weighted by atomic mass is 10.0. The molecule has 84 valence electrons. The van der Waals surface area contributed by atoms with E-state index in [2.05, 4.69) is 15.9 Å². The van der Waals surface area contributed by atoms with Crippen LogP contribution in [0.2, 0.25) is 0 Å². The van der Waals surface area contributed by atoms with Crippen molar-refractivity contribution in [2.24, 2.45) is 5.73 Å². The van der Waals surface area contributed by atoms with E-state index in [-0.39, 0.29) is 5.56 Å². The summed E-state index contributed by atoms with van der Waals surface area (Å²) in [7, 11) is 0. The number of halogens is 2. The van der Waals surface area contributed by atoms with Gasteiger partial charge in [-0.25, -0.2) is 4.39 Å². The Labute approximate surface area is 95.9 Å². The van der Waals surface area contributed by atoms with Gasteiger partial charge in [-0.05, 0) is 41.4 Å². The summed E-state index contributed by atoms with van der Waals surface area (Å²) in [6.45, 7) is 3.25. The molecule has 15 heavy (non-hydrogen) atoms. The first-order chi connectivity index (χ1) is 6.86. The number of aliphatic hydroxyl groups excluding tert-OH is 1. The highest BCUT2D eigenvalue weighted by atomic mass is 79.9. The van der Waals surface area contributed by atoms with Gasteiger partial charge in [0.15, 0.2) is 11.6 Å². The average molecular weight is 278 g/mol. The number of aryl methyl sites for hydroxylation is 1. The van der Waals surface area contributed by atoms with Crippen LogP contribution in [0.4, 0.5) is 4.39 Å². The van der Waals surface area contributed by atoms with E-state index in [1.54, 1.807) is 13.8 Å². The monoisotopic (exact) mass is 277 g/mol. The van der Waals surface area contributed by atoms with Crippen LogP contribution in [0.25, 0.3) is 0 Å². The maximum Gasteiger partial charge on any atom is 0.165 e. The van der Waals surface area contributed by atoms with Gasteiger partial charge in [0.1, 0.15) is 0 Å². The summed E-state index contributed by atoms with van der Waals surface area (Å²) in [5.41, 5.74) is 6.20. The summed E-state index contributed by atoms with van der Waals surface area (Å²) in [6, 6.07) is 0.602. The summed E-state index contributed by atoms with van der Waals surface area (Å²) in [5, 5.41) is 19.2. The third kappa shape index (κ3) is 2.30. The Morgan fingerprint density at radius 3 is 2.53 bits per heavy atom. The minimum Gasteiger partial charge on any atom is -0.505 e. The topological polar surface area (TPSA) is 66.5 Å². The van der Waals surface area contributed by atoms with E-state index in [1.807, 2.05) is 0 Å². The van der Waals surface area contributed by atoms with Crippen LogP contribution in [-0.2, 0) is 0 Å². The van der Waals surface area contributed by atoms with Crippen LogP contribution >= 0.6 is 15.9 Å². The van der Waals surface area contributed by atoms with Gasteiger partial charge in [-0.1, -0.05) is 0 Å². The highest BCUT2D eigenvalue weighted by Gasteiger charge is 2.23. The van der Waals surface area contributed by atoms with Crippen molar-refractivity contribution in [3.05, 3.63) is 27.5 Å². The van der Waals surface area contributed by atoms with Gasteiger partial charge in [-0.3, -0.25) is 0 Å². The SMILES string of the molecule is Cc1cc(F)c(O)c(C(O)C(C)N)c1Br. The summed E-state index contributed by atoms with van der Waals surface area (Å²) in [4.78, 5) is 0. The van der Waals surface area contributed by atoms with Crippen molar-refractivity contribution in [1.82, 2.24) is 0 Å². The lowest BCUT2D eigenvalue weighted by Gasteiger charge is -2.19. The molecular formula is C10H13BrFNO2. The number of aliphatic hydroxyl groups is 1. The smallest absolute Gasteiger partial charge is 0.165 e. The summed E-state index contributed by atoms with van der Waals surface area (Å²) >= 11 is 3.19. The normalized spacial score (nSPS) is 15.1.